The van der Waals surface area contributed by atoms with E-state index < -0.39 is 16.2 Å². The van der Waals surface area contributed by atoms with Gasteiger partial charge >= 0.3 is 0 Å². The Morgan fingerprint density at radius 2 is 0.500 bits per heavy atom. The highest BCUT2D eigenvalue weighted by Crippen LogP contribution is 2.67. The molecular weight excluding hydrogens is 1780 g/mol. The van der Waals surface area contributed by atoms with Gasteiger partial charge in [0.05, 0.1) is 134 Å². The van der Waals surface area contributed by atoms with E-state index in [0.29, 0.717) is 16.7 Å². The monoisotopic (exact) mass is 1850 g/mol. The summed E-state index contributed by atoms with van der Waals surface area (Å²) in [6, 6.07) is 170. The number of rotatable bonds is 3. The van der Waals surface area contributed by atoms with Crippen molar-refractivity contribution in [2.24, 2.45) is 0 Å². The number of benzene rings is 21. The van der Waals surface area contributed by atoms with Crippen molar-refractivity contribution in [2.75, 3.05) is 0 Å². The zero-order valence-electron chi connectivity index (χ0n) is 77.1. The molecule has 3 unspecified atom stereocenters. The lowest BCUT2D eigenvalue weighted by atomic mass is 9.61. The minimum Gasteiger partial charge on any atom is -0.457 e. The number of para-hydroxylation sites is 14. The molecule has 12 heteroatoms. The fraction of sp³-hybridized carbons (Fsp3) is 0.0227. The van der Waals surface area contributed by atoms with E-state index in [0.717, 1.165) is 112 Å². The third kappa shape index (κ3) is 10.3. The minimum atomic E-state index is -0.648. The molecule has 6 aromatic heterocycles. The minimum absolute atomic E-state index is 0.524. The lowest BCUT2D eigenvalue weighted by Crippen LogP contribution is -2.37. The lowest BCUT2D eigenvalue weighted by molar-refractivity contribution is 0.434. The van der Waals surface area contributed by atoms with E-state index in [2.05, 4.69) is 440 Å². The Bertz CT molecular complexity index is 10100. The first-order valence-corrected chi connectivity index (χ1v) is 49.6. The summed E-state index contributed by atoms with van der Waals surface area (Å²) in [5, 5.41) is 43.2. The summed E-state index contributed by atoms with van der Waals surface area (Å²) in [5.41, 5.74) is 35.5. The maximum Gasteiger partial charge on any atom is 0.156 e. The molecule has 27 aromatic rings. The number of nitriles is 3. The van der Waals surface area contributed by atoms with Crippen LogP contribution in [0.3, 0.4) is 0 Å². The summed E-state index contributed by atoms with van der Waals surface area (Å²) in [7, 11) is 0. The molecule has 3 atom stereocenters. The third-order valence-electron chi connectivity index (χ3n) is 31.8. The van der Waals surface area contributed by atoms with E-state index in [1.54, 1.807) is 0 Å². The first-order valence-electron chi connectivity index (χ1n) is 48.8. The van der Waals surface area contributed by atoms with Crippen molar-refractivity contribution in [1.82, 2.24) is 27.4 Å². The van der Waals surface area contributed by atoms with Crippen LogP contribution in [0.25, 0.3) is 165 Å². The molecule has 144 heavy (non-hydrogen) atoms. The predicted octanol–water partition coefficient (Wildman–Crippen LogP) is 32.0. The van der Waals surface area contributed by atoms with Crippen LogP contribution in [0.4, 0.5) is 0 Å². The Balaban J connectivity index is 0.0000000986. The fourth-order valence-corrected chi connectivity index (χ4v) is 27.5. The number of nitrogens with zero attached hydrogens (tertiary/aromatic N) is 9. The van der Waals surface area contributed by atoms with E-state index >= 15 is 0 Å². The molecule has 11 nitrogen and oxygen atoms in total. The zero-order chi connectivity index (χ0) is 94.7. The van der Waals surface area contributed by atoms with Crippen LogP contribution in [0.15, 0.2) is 465 Å². The highest BCUT2D eigenvalue weighted by atomic mass is 32.2. The smallest absolute Gasteiger partial charge is 0.156 e. The average Bonchev–Trinajstić information content (AvgIpc) is 1.62. The molecule has 6 aliphatic heterocycles. The summed E-state index contributed by atoms with van der Waals surface area (Å²) in [5.74, 6) is 3.41. The Hall–Kier alpha value is -19.2. The van der Waals surface area contributed by atoms with E-state index in [-0.39, 0.29) is 0 Å². The summed E-state index contributed by atoms with van der Waals surface area (Å²) in [6.07, 6.45) is 0. The highest BCUT2D eigenvalue weighted by Gasteiger charge is 2.55. The summed E-state index contributed by atoms with van der Waals surface area (Å²) >= 11 is 1.87. The van der Waals surface area contributed by atoms with Gasteiger partial charge < -0.3 is 36.9 Å². The van der Waals surface area contributed by atoms with Crippen LogP contribution < -0.4 is 9.47 Å². The van der Waals surface area contributed by atoms with Crippen LogP contribution in [0, 0.1) is 34.0 Å². The van der Waals surface area contributed by atoms with Crippen LogP contribution in [0.2, 0.25) is 0 Å². The first kappa shape index (κ1) is 79.9. The molecule has 0 radical (unpaired) electrons. The van der Waals surface area contributed by atoms with Gasteiger partial charge in [0.2, 0.25) is 0 Å². The zero-order valence-corrected chi connectivity index (χ0v) is 77.9. The average molecular weight is 1850 g/mol. The van der Waals surface area contributed by atoms with Crippen molar-refractivity contribution < 1.29 is 9.47 Å². The number of hydrogen-bond acceptors (Lipinski definition) is 6. The molecule has 12 heterocycles. The van der Waals surface area contributed by atoms with Gasteiger partial charge in [-0.3, -0.25) is 0 Å². The van der Waals surface area contributed by atoms with Crippen molar-refractivity contribution in [3.05, 3.63) is 538 Å². The summed E-state index contributed by atoms with van der Waals surface area (Å²) in [6.45, 7) is 0. The third-order valence-corrected chi connectivity index (χ3v) is 32.9. The Morgan fingerprint density at radius 3 is 0.938 bits per heavy atom. The summed E-state index contributed by atoms with van der Waals surface area (Å²) < 4.78 is 28.4. The normalized spacial score (nSPS) is 15.8. The SMILES string of the molecule is N#Cc1ccc(-n2c3ccccc3c3cc4c(cc32)Oc2ccccc2C42c3ccccc3-n3c4ccccc4c4cccc2c43)cc1.N#Cc1ccc(-n2c3ccccc3c3cc4c(cc32)Sc2ccccc2C42c3ccccc3-n3c4ccccc4c4cccc2c43)cc1.N#Cc1ccc(-n2c3ccccc3c3ccc4c(c32)Oc2ccccc2C42c3ccccc3-n3c4ccccc4c4cccc2c43)cc1. The molecule has 33 rings (SSSR count). The molecule has 6 aliphatic rings. The van der Waals surface area contributed by atoms with E-state index in [9.17, 15) is 15.8 Å². The second kappa shape index (κ2) is 29.7. The van der Waals surface area contributed by atoms with Crippen LogP contribution >= 0.6 is 11.8 Å². The van der Waals surface area contributed by atoms with Crippen LogP contribution in [0.1, 0.15) is 83.5 Å². The summed E-state index contributed by atoms with van der Waals surface area (Å²) in [4.78, 5) is 2.54. The van der Waals surface area contributed by atoms with Crippen molar-refractivity contribution in [2.45, 2.75) is 26.0 Å². The van der Waals surface area contributed by atoms with Gasteiger partial charge in [0.15, 0.2) is 5.75 Å². The van der Waals surface area contributed by atoms with E-state index in [1.165, 1.54) is 153 Å². The topological polar surface area (TPSA) is 119 Å². The quantitative estimate of drug-likeness (QED) is 0.174. The largest absolute Gasteiger partial charge is 0.457 e. The lowest BCUT2D eigenvalue weighted by Gasteiger charge is -2.45. The van der Waals surface area contributed by atoms with Crippen molar-refractivity contribution in [3.8, 4) is 75.3 Å². The van der Waals surface area contributed by atoms with Gasteiger partial charge in [0, 0.05) is 120 Å². The van der Waals surface area contributed by atoms with Crippen molar-refractivity contribution >= 4 is 143 Å². The second-order valence-electron chi connectivity index (χ2n) is 38.4. The Morgan fingerprint density at radius 1 is 0.188 bits per heavy atom. The van der Waals surface area contributed by atoms with Gasteiger partial charge in [-0.15, -0.1) is 0 Å². The maximum absolute atomic E-state index is 9.57. The second-order valence-corrected chi connectivity index (χ2v) is 39.4. The van der Waals surface area contributed by atoms with E-state index in [4.69, 9.17) is 9.47 Å². The molecule has 0 amide bonds. The highest BCUT2D eigenvalue weighted by molar-refractivity contribution is 7.99. The van der Waals surface area contributed by atoms with Crippen LogP contribution in [0.5, 0.6) is 23.0 Å². The standard InChI is InChI=1S/2C44H25N3O.C44H25N3S/c45-26-27-20-22-28(23-21-27)46-37-16-5-2-11-30(37)32-24-36-42(25-40(32)46)48-41-19-8-4-14-34(41)44(36)33-13-3-7-18-39(33)47-38-17-6-1-10-29(38)31-12-9-15-35(44)43(31)47;45-26-27-20-22-28(23-21-27)46-37-16-5-1-11-30(37)32-24-25-36-43(42(32)46)48-40-19-8-4-14-34(40)44(36)33-13-3-7-18-39(33)47-38-17-6-2-10-29(38)31-12-9-15-35(44)41(31)47;45-26-27-20-22-28(23-21-27)46-37-16-5-2-11-30(37)32-24-36-42(25-40(32)46)48-41-19-8-4-14-34(41)44(36)33-13-3-7-18-39(33)47-38-17-6-1-10-29(38)31-12-9-15-35(44)43(31)47/h3*1-25H. The first-order chi connectivity index (χ1) is 71.3. The fourth-order valence-electron chi connectivity index (χ4n) is 26.3. The molecule has 0 saturated heterocycles. The van der Waals surface area contributed by atoms with E-state index in [1.807, 2.05) is 72.4 Å². The molecular formula is C132H75N9O2S. The molecule has 0 aliphatic carbocycles. The van der Waals surface area contributed by atoms with Gasteiger partial charge in [-0.05, 0) is 208 Å². The Kier molecular flexibility index (Phi) is 16.5. The number of fused-ring (bicyclic) bond motifs is 43. The van der Waals surface area contributed by atoms with Crippen LogP contribution in [-0.4, -0.2) is 27.4 Å². The molecule has 3 spiro atoms. The van der Waals surface area contributed by atoms with Crippen molar-refractivity contribution in [1.29, 1.82) is 15.8 Å². The van der Waals surface area contributed by atoms with Crippen LogP contribution in [-0.2, 0) is 16.2 Å². The molecule has 0 bridgehead atoms. The Labute approximate surface area is 829 Å². The molecule has 0 saturated carbocycles. The van der Waals surface area contributed by atoms with Gasteiger partial charge in [0.25, 0.3) is 0 Å². The van der Waals surface area contributed by atoms with Crippen molar-refractivity contribution in [3.63, 3.8) is 0 Å². The number of aromatic nitrogens is 6. The van der Waals surface area contributed by atoms with Gasteiger partial charge in [0.1, 0.15) is 17.2 Å². The number of ether oxygens (including phenoxy) is 2. The predicted molar refractivity (Wildman–Crippen MR) is 579 cm³/mol. The van der Waals surface area contributed by atoms with Gasteiger partial charge in [-0.2, -0.15) is 15.8 Å². The van der Waals surface area contributed by atoms with Gasteiger partial charge in [-0.1, -0.05) is 297 Å². The molecule has 0 N–H and O–H groups in total. The molecule has 666 valence electrons. The van der Waals surface area contributed by atoms with Gasteiger partial charge in [-0.25, -0.2) is 0 Å². The maximum atomic E-state index is 9.57. The molecule has 21 aromatic carbocycles. The number of hydrogen-bond donors (Lipinski definition) is 0. The molecule has 0 fully saturated rings.